The molecule has 1 aromatic carbocycles. The lowest BCUT2D eigenvalue weighted by Gasteiger charge is -2.27. The average molecular weight is 295 g/mol. The van der Waals surface area contributed by atoms with Crippen molar-refractivity contribution >= 4 is 17.0 Å². The summed E-state index contributed by atoms with van der Waals surface area (Å²) in [7, 11) is 0. The Morgan fingerprint density at radius 3 is 2.73 bits per heavy atom. The van der Waals surface area contributed by atoms with Crippen LogP contribution in [0.4, 0.5) is 5.82 Å². The molecular formula is C16H19N6+. The molecule has 0 saturated carbocycles. The number of benzene rings is 1. The molecule has 112 valence electrons. The van der Waals surface area contributed by atoms with Crippen LogP contribution in [0.2, 0.25) is 0 Å². The number of hydrogen-bond acceptors (Lipinski definition) is 4. The summed E-state index contributed by atoms with van der Waals surface area (Å²) in [6, 6.07) is 10.4. The van der Waals surface area contributed by atoms with E-state index in [-0.39, 0.29) is 0 Å². The summed E-state index contributed by atoms with van der Waals surface area (Å²) in [5.41, 5.74) is 3.23. The van der Waals surface area contributed by atoms with Crippen LogP contribution in [0.1, 0.15) is 5.56 Å². The Labute approximate surface area is 128 Å². The highest BCUT2D eigenvalue weighted by atomic mass is 15.3. The van der Waals surface area contributed by atoms with Gasteiger partial charge in [-0.15, -0.1) is 0 Å². The molecule has 1 aliphatic heterocycles. The van der Waals surface area contributed by atoms with Gasteiger partial charge in [-0.3, -0.25) is 4.98 Å². The molecule has 2 aromatic heterocycles. The number of anilines is 1. The number of rotatable bonds is 3. The van der Waals surface area contributed by atoms with E-state index in [1.807, 2.05) is 12.4 Å². The Bertz CT molecular complexity index is 761. The second-order valence-electron chi connectivity index (χ2n) is 5.52. The van der Waals surface area contributed by atoms with Crippen molar-refractivity contribution in [2.45, 2.75) is 6.54 Å². The van der Waals surface area contributed by atoms with Crippen LogP contribution >= 0.6 is 0 Å². The Morgan fingerprint density at radius 2 is 1.91 bits per heavy atom. The third-order valence-corrected chi connectivity index (χ3v) is 4.06. The fraction of sp³-hybridized carbons (Fsp3) is 0.312. The van der Waals surface area contributed by atoms with Gasteiger partial charge in [-0.05, 0) is 5.56 Å². The lowest BCUT2D eigenvalue weighted by atomic mass is 10.2. The van der Waals surface area contributed by atoms with E-state index in [1.54, 1.807) is 6.33 Å². The van der Waals surface area contributed by atoms with Crippen molar-refractivity contribution in [1.29, 1.82) is 0 Å². The van der Waals surface area contributed by atoms with Gasteiger partial charge in [0.1, 0.15) is 0 Å². The summed E-state index contributed by atoms with van der Waals surface area (Å²) < 4.78 is 2.14. The van der Waals surface area contributed by atoms with Crippen LogP contribution in [-0.2, 0) is 6.54 Å². The van der Waals surface area contributed by atoms with Crippen LogP contribution in [0.5, 0.6) is 0 Å². The van der Waals surface area contributed by atoms with Crippen LogP contribution in [0.15, 0.2) is 43.0 Å². The van der Waals surface area contributed by atoms with Crippen molar-refractivity contribution in [1.82, 2.24) is 20.3 Å². The largest absolute Gasteiger partial charge is 0.351 e. The van der Waals surface area contributed by atoms with Gasteiger partial charge in [-0.1, -0.05) is 35.3 Å². The normalized spacial score (nSPS) is 15.4. The van der Waals surface area contributed by atoms with E-state index in [2.05, 4.69) is 54.0 Å². The number of fused-ring (bicyclic) bond motifs is 1. The lowest BCUT2D eigenvalue weighted by molar-refractivity contribution is -0.664. The molecule has 3 aromatic rings. The molecule has 22 heavy (non-hydrogen) atoms. The minimum Gasteiger partial charge on any atom is -0.351 e. The van der Waals surface area contributed by atoms with E-state index >= 15 is 0 Å². The van der Waals surface area contributed by atoms with Crippen LogP contribution in [0.25, 0.3) is 11.2 Å². The highest BCUT2D eigenvalue weighted by Gasteiger charge is 2.21. The fourth-order valence-electron chi connectivity index (χ4n) is 2.93. The first-order valence-corrected chi connectivity index (χ1v) is 7.63. The zero-order valence-electron chi connectivity index (χ0n) is 12.4. The number of nitrogens with zero attached hydrogens (tertiary/aromatic N) is 4. The van der Waals surface area contributed by atoms with Crippen molar-refractivity contribution in [3.8, 4) is 0 Å². The molecule has 1 aliphatic rings. The summed E-state index contributed by atoms with van der Waals surface area (Å²) in [6.07, 6.45) is 3.65. The summed E-state index contributed by atoms with van der Waals surface area (Å²) in [5.74, 6) is 0.998. The summed E-state index contributed by atoms with van der Waals surface area (Å²) in [4.78, 5) is 14.6. The molecule has 4 rings (SSSR count). The Kier molecular flexibility index (Phi) is 3.44. The van der Waals surface area contributed by atoms with Crippen LogP contribution in [0.3, 0.4) is 0 Å². The molecule has 1 saturated heterocycles. The lowest BCUT2D eigenvalue weighted by Crippen LogP contribution is -2.44. The minimum atomic E-state index is 0.804. The maximum Gasteiger partial charge on any atom is 0.307 e. The summed E-state index contributed by atoms with van der Waals surface area (Å²) in [5, 5.41) is 3.37. The quantitative estimate of drug-likeness (QED) is 0.699. The van der Waals surface area contributed by atoms with Gasteiger partial charge in [-0.2, -0.15) is 4.98 Å². The van der Waals surface area contributed by atoms with Gasteiger partial charge in [0.25, 0.3) is 0 Å². The van der Waals surface area contributed by atoms with Gasteiger partial charge in [0.15, 0.2) is 18.5 Å². The molecule has 0 unspecified atom stereocenters. The SMILES string of the molecule is c1ccc(C[n+]2c[nH]c3c(N4CCNCC4)ncnc32)cc1. The number of nitrogens with one attached hydrogen (secondary N) is 2. The molecule has 1 fully saturated rings. The van der Waals surface area contributed by atoms with E-state index in [0.717, 1.165) is 49.7 Å². The molecular weight excluding hydrogens is 276 g/mol. The highest BCUT2D eigenvalue weighted by Crippen LogP contribution is 2.19. The number of piperazine rings is 1. The number of imidazole rings is 1. The van der Waals surface area contributed by atoms with Gasteiger partial charge >= 0.3 is 5.65 Å². The van der Waals surface area contributed by atoms with Gasteiger partial charge in [0, 0.05) is 26.2 Å². The monoisotopic (exact) mass is 295 g/mol. The predicted molar refractivity (Wildman–Crippen MR) is 84.7 cm³/mol. The fourth-order valence-corrected chi connectivity index (χ4v) is 2.93. The van der Waals surface area contributed by atoms with E-state index in [9.17, 15) is 0 Å². The third-order valence-electron chi connectivity index (χ3n) is 4.06. The standard InChI is InChI=1S/C16H18N6/c1-2-4-13(5-3-1)10-22-12-20-14-15(18-11-19-16(14)22)21-8-6-17-7-9-21/h1-5,11-12,17H,6-10H2/p+1. The second kappa shape index (κ2) is 5.73. The molecule has 0 amide bonds. The molecule has 0 atom stereocenters. The van der Waals surface area contributed by atoms with E-state index in [1.165, 1.54) is 5.56 Å². The zero-order valence-corrected chi connectivity index (χ0v) is 12.4. The Hall–Kier alpha value is -2.47. The molecule has 2 N–H and O–H groups in total. The number of hydrogen-bond donors (Lipinski definition) is 2. The zero-order chi connectivity index (χ0) is 14.8. The molecule has 6 heteroatoms. The first-order valence-electron chi connectivity index (χ1n) is 7.63. The molecule has 3 heterocycles. The second-order valence-corrected chi connectivity index (χ2v) is 5.52. The van der Waals surface area contributed by atoms with Crippen LogP contribution in [-0.4, -0.2) is 41.1 Å². The van der Waals surface area contributed by atoms with Crippen molar-refractivity contribution in [3.63, 3.8) is 0 Å². The summed E-state index contributed by atoms with van der Waals surface area (Å²) in [6.45, 7) is 4.75. The maximum atomic E-state index is 4.49. The number of H-pyrrole nitrogens is 1. The maximum absolute atomic E-state index is 4.49. The van der Waals surface area contributed by atoms with Crippen LogP contribution < -0.4 is 14.8 Å². The Balaban J connectivity index is 1.70. The van der Waals surface area contributed by atoms with Crippen molar-refractivity contribution in [3.05, 3.63) is 48.5 Å². The van der Waals surface area contributed by atoms with Crippen LogP contribution in [0, 0.1) is 0 Å². The first kappa shape index (κ1) is 13.2. The number of aromatic amines is 1. The highest BCUT2D eigenvalue weighted by molar-refractivity contribution is 5.80. The van der Waals surface area contributed by atoms with Gasteiger partial charge in [0.2, 0.25) is 5.52 Å². The van der Waals surface area contributed by atoms with Crippen molar-refractivity contribution in [2.75, 3.05) is 31.1 Å². The number of aromatic nitrogens is 4. The van der Waals surface area contributed by atoms with Gasteiger partial charge in [0.05, 0.1) is 6.54 Å². The smallest absolute Gasteiger partial charge is 0.307 e. The van der Waals surface area contributed by atoms with Crippen molar-refractivity contribution in [2.24, 2.45) is 0 Å². The third kappa shape index (κ3) is 2.42. The van der Waals surface area contributed by atoms with Crippen molar-refractivity contribution < 1.29 is 4.57 Å². The van der Waals surface area contributed by atoms with E-state index < -0.39 is 0 Å². The molecule has 0 bridgehead atoms. The minimum absolute atomic E-state index is 0.804. The van der Waals surface area contributed by atoms with E-state index in [0.29, 0.717) is 0 Å². The predicted octanol–water partition coefficient (Wildman–Crippen LogP) is 0.703. The Morgan fingerprint density at radius 1 is 1.09 bits per heavy atom. The summed E-state index contributed by atoms with van der Waals surface area (Å²) >= 11 is 0. The van der Waals surface area contributed by atoms with Gasteiger partial charge < -0.3 is 10.2 Å². The molecule has 6 nitrogen and oxygen atoms in total. The first-order chi connectivity index (χ1) is 10.9. The average Bonchev–Trinajstić information content (AvgIpc) is 3.00. The van der Waals surface area contributed by atoms with Gasteiger partial charge in [-0.25, -0.2) is 4.57 Å². The molecule has 0 radical (unpaired) electrons. The molecule has 0 spiro atoms. The topological polar surface area (TPSA) is 60.7 Å². The van der Waals surface area contributed by atoms with E-state index in [4.69, 9.17) is 0 Å². The molecule has 0 aliphatic carbocycles.